The van der Waals surface area contributed by atoms with Crippen molar-refractivity contribution in [2.24, 2.45) is 0 Å². The fraction of sp³-hybridized carbons (Fsp3) is 0.471. The summed E-state index contributed by atoms with van der Waals surface area (Å²) in [7, 11) is 0. The van der Waals surface area contributed by atoms with E-state index in [1.165, 1.54) is 16.7 Å². The SMILES string of the molecule is CCCN(CC(=O)Nc1ccc(F)c(F)c1F)C(=O)CSc1nnnn1C1CC1. The fourth-order valence-corrected chi connectivity index (χ4v) is 3.44. The summed E-state index contributed by atoms with van der Waals surface area (Å²) >= 11 is 1.17. The van der Waals surface area contributed by atoms with Crippen molar-refractivity contribution < 1.29 is 22.8 Å². The van der Waals surface area contributed by atoms with Gasteiger partial charge in [-0.15, -0.1) is 5.10 Å². The van der Waals surface area contributed by atoms with Gasteiger partial charge in [-0.1, -0.05) is 18.7 Å². The molecule has 0 aliphatic heterocycles. The van der Waals surface area contributed by atoms with E-state index >= 15 is 0 Å². The number of thioether (sulfide) groups is 1. The third-order valence-corrected chi connectivity index (χ3v) is 5.09. The maximum Gasteiger partial charge on any atom is 0.244 e. The van der Waals surface area contributed by atoms with Crippen LogP contribution in [0.5, 0.6) is 0 Å². The first kappa shape index (κ1) is 21.1. The molecule has 1 aliphatic carbocycles. The molecule has 1 N–H and O–H groups in total. The van der Waals surface area contributed by atoms with Crippen LogP contribution in [0.1, 0.15) is 32.2 Å². The number of anilines is 1. The number of aromatic nitrogens is 4. The summed E-state index contributed by atoms with van der Waals surface area (Å²) in [4.78, 5) is 26.1. The lowest BCUT2D eigenvalue weighted by molar-refractivity contribution is -0.132. The number of carbonyl (C=O) groups excluding carboxylic acids is 2. The Kier molecular flexibility index (Phi) is 6.72. The fourth-order valence-electron chi connectivity index (χ4n) is 2.59. The second-order valence-corrected chi connectivity index (χ2v) is 7.45. The van der Waals surface area contributed by atoms with Gasteiger partial charge < -0.3 is 10.2 Å². The molecule has 0 saturated heterocycles. The number of nitrogens with one attached hydrogen (secondary N) is 1. The van der Waals surface area contributed by atoms with Crippen molar-refractivity contribution in [3.63, 3.8) is 0 Å². The van der Waals surface area contributed by atoms with Gasteiger partial charge in [-0.05, 0) is 41.8 Å². The van der Waals surface area contributed by atoms with Gasteiger partial charge in [0.25, 0.3) is 0 Å². The number of rotatable bonds is 9. The summed E-state index contributed by atoms with van der Waals surface area (Å²) < 4.78 is 41.7. The van der Waals surface area contributed by atoms with Crippen molar-refractivity contribution >= 4 is 29.3 Å². The monoisotopic (exact) mass is 428 g/mol. The number of carbonyl (C=O) groups is 2. The summed E-state index contributed by atoms with van der Waals surface area (Å²) in [5.41, 5.74) is -0.490. The third-order valence-electron chi connectivity index (χ3n) is 4.17. The molecule has 12 heteroatoms. The van der Waals surface area contributed by atoms with Crippen LogP contribution in [-0.2, 0) is 9.59 Å². The van der Waals surface area contributed by atoms with Crippen LogP contribution in [0.4, 0.5) is 18.9 Å². The smallest absolute Gasteiger partial charge is 0.244 e. The van der Waals surface area contributed by atoms with E-state index in [2.05, 4.69) is 20.8 Å². The third kappa shape index (κ3) is 5.25. The first-order chi connectivity index (χ1) is 13.9. The Morgan fingerprint density at radius 1 is 1.28 bits per heavy atom. The highest BCUT2D eigenvalue weighted by molar-refractivity contribution is 7.99. The molecule has 1 aliphatic rings. The lowest BCUT2D eigenvalue weighted by atomic mass is 10.2. The number of halogens is 3. The molecule has 156 valence electrons. The predicted molar refractivity (Wildman–Crippen MR) is 98.6 cm³/mol. The van der Waals surface area contributed by atoms with E-state index in [4.69, 9.17) is 0 Å². The van der Waals surface area contributed by atoms with Gasteiger partial charge in [0.2, 0.25) is 17.0 Å². The highest BCUT2D eigenvalue weighted by Gasteiger charge is 2.28. The zero-order valence-electron chi connectivity index (χ0n) is 15.6. The van der Waals surface area contributed by atoms with E-state index in [1.54, 1.807) is 4.68 Å². The zero-order chi connectivity index (χ0) is 21.0. The van der Waals surface area contributed by atoms with E-state index in [0.717, 1.165) is 18.9 Å². The van der Waals surface area contributed by atoms with E-state index in [0.29, 0.717) is 24.2 Å². The Labute approximate surface area is 168 Å². The molecule has 1 saturated carbocycles. The quantitative estimate of drug-likeness (QED) is 0.487. The summed E-state index contributed by atoms with van der Waals surface area (Å²) in [6, 6.07) is 1.90. The Bertz CT molecular complexity index is 905. The topological polar surface area (TPSA) is 93.0 Å². The molecule has 2 aromatic rings. The molecule has 0 radical (unpaired) electrons. The molecule has 0 bridgehead atoms. The number of amides is 2. The first-order valence-corrected chi connectivity index (χ1v) is 10.0. The van der Waals surface area contributed by atoms with Crippen LogP contribution >= 0.6 is 11.8 Å². The van der Waals surface area contributed by atoms with E-state index < -0.39 is 29.0 Å². The molecule has 8 nitrogen and oxygen atoms in total. The van der Waals surface area contributed by atoms with Gasteiger partial charge in [-0.25, -0.2) is 17.9 Å². The van der Waals surface area contributed by atoms with E-state index in [9.17, 15) is 22.8 Å². The van der Waals surface area contributed by atoms with Crippen LogP contribution in [0.3, 0.4) is 0 Å². The Balaban J connectivity index is 1.58. The van der Waals surface area contributed by atoms with Crippen molar-refractivity contribution in [3.05, 3.63) is 29.6 Å². The highest BCUT2D eigenvalue weighted by atomic mass is 32.2. The lowest BCUT2D eigenvalue weighted by Gasteiger charge is -2.21. The molecule has 3 rings (SSSR count). The standard InChI is InChI=1S/C17H19F3N6O2S/c1-2-7-25(8-13(27)21-12-6-5-11(18)15(19)16(12)20)14(28)9-29-17-22-23-24-26(17)10-3-4-10/h5-6,10H,2-4,7-9H2,1H3,(H,21,27). The normalized spacial score (nSPS) is 13.4. The van der Waals surface area contributed by atoms with Gasteiger partial charge >= 0.3 is 0 Å². The van der Waals surface area contributed by atoms with Crippen molar-refractivity contribution in [1.82, 2.24) is 25.1 Å². The summed E-state index contributed by atoms with van der Waals surface area (Å²) in [6.07, 6.45) is 2.59. The number of benzene rings is 1. The van der Waals surface area contributed by atoms with Crippen LogP contribution in [0, 0.1) is 17.5 Å². The zero-order valence-corrected chi connectivity index (χ0v) is 16.4. The highest BCUT2D eigenvalue weighted by Crippen LogP contribution is 2.36. The summed E-state index contributed by atoms with van der Waals surface area (Å²) in [6.45, 7) is 1.80. The van der Waals surface area contributed by atoms with E-state index in [-0.39, 0.29) is 24.2 Å². The summed E-state index contributed by atoms with van der Waals surface area (Å²) in [5, 5.41) is 14.1. The molecule has 0 spiro atoms. The molecule has 0 atom stereocenters. The van der Waals surface area contributed by atoms with Crippen molar-refractivity contribution in [2.75, 3.05) is 24.2 Å². The molecule has 29 heavy (non-hydrogen) atoms. The van der Waals surface area contributed by atoms with Crippen molar-refractivity contribution in [2.45, 2.75) is 37.4 Å². The van der Waals surface area contributed by atoms with Crippen LogP contribution in [0.15, 0.2) is 17.3 Å². The molecular formula is C17H19F3N6O2S. The molecule has 1 heterocycles. The van der Waals surface area contributed by atoms with Crippen LogP contribution < -0.4 is 5.32 Å². The first-order valence-electron chi connectivity index (χ1n) is 9.02. The van der Waals surface area contributed by atoms with Gasteiger partial charge in [-0.3, -0.25) is 9.59 Å². The molecule has 1 aromatic carbocycles. The van der Waals surface area contributed by atoms with Gasteiger partial charge in [0.1, 0.15) is 0 Å². The largest absolute Gasteiger partial charge is 0.333 e. The molecule has 0 unspecified atom stereocenters. The maximum absolute atomic E-state index is 13.7. The number of tetrazole rings is 1. The Hall–Kier alpha value is -2.63. The van der Waals surface area contributed by atoms with Crippen LogP contribution in [0.2, 0.25) is 0 Å². The Morgan fingerprint density at radius 2 is 2.03 bits per heavy atom. The second-order valence-electron chi connectivity index (χ2n) is 6.51. The molecular weight excluding hydrogens is 409 g/mol. The van der Waals surface area contributed by atoms with Crippen molar-refractivity contribution in [3.8, 4) is 0 Å². The number of hydrogen-bond acceptors (Lipinski definition) is 6. The lowest BCUT2D eigenvalue weighted by Crippen LogP contribution is -2.39. The van der Waals surface area contributed by atoms with Gasteiger partial charge in [-0.2, -0.15) is 0 Å². The average molecular weight is 428 g/mol. The maximum atomic E-state index is 13.7. The van der Waals surface area contributed by atoms with Gasteiger partial charge in [0.05, 0.1) is 24.0 Å². The molecule has 2 amide bonds. The average Bonchev–Trinajstić information content (AvgIpc) is 3.44. The van der Waals surface area contributed by atoms with Gasteiger partial charge in [0, 0.05) is 6.54 Å². The minimum atomic E-state index is -1.67. The summed E-state index contributed by atoms with van der Waals surface area (Å²) in [5.74, 6) is -5.52. The van der Waals surface area contributed by atoms with E-state index in [1.807, 2.05) is 6.92 Å². The van der Waals surface area contributed by atoms with Crippen LogP contribution in [-0.4, -0.2) is 55.8 Å². The minimum Gasteiger partial charge on any atom is -0.333 e. The van der Waals surface area contributed by atoms with Crippen LogP contribution in [0.25, 0.3) is 0 Å². The van der Waals surface area contributed by atoms with Crippen molar-refractivity contribution in [1.29, 1.82) is 0 Å². The Morgan fingerprint density at radius 3 is 2.72 bits per heavy atom. The number of hydrogen-bond donors (Lipinski definition) is 1. The molecule has 1 aromatic heterocycles. The minimum absolute atomic E-state index is 0.0277. The van der Waals surface area contributed by atoms with Gasteiger partial charge in [0.15, 0.2) is 17.5 Å². The molecule has 1 fully saturated rings. The predicted octanol–water partition coefficient (Wildman–Crippen LogP) is 2.39. The number of nitrogens with zero attached hydrogens (tertiary/aromatic N) is 5. The second kappa shape index (κ2) is 9.25.